The van der Waals surface area contributed by atoms with Gasteiger partial charge in [0.15, 0.2) is 4.60 Å². The van der Waals surface area contributed by atoms with Crippen molar-refractivity contribution in [1.29, 1.82) is 0 Å². The number of aromatic nitrogens is 3. The molecular formula is C13H23BrN4. The Morgan fingerprint density at radius 1 is 1.56 bits per heavy atom. The van der Waals surface area contributed by atoms with Gasteiger partial charge in [0, 0.05) is 7.05 Å². The van der Waals surface area contributed by atoms with E-state index >= 15 is 0 Å². The van der Waals surface area contributed by atoms with Gasteiger partial charge in [-0.2, -0.15) is 0 Å². The molecule has 1 aliphatic carbocycles. The van der Waals surface area contributed by atoms with Crippen LogP contribution in [0.5, 0.6) is 0 Å². The van der Waals surface area contributed by atoms with Gasteiger partial charge in [-0.15, -0.1) is 5.10 Å². The second-order valence-electron chi connectivity index (χ2n) is 5.91. The van der Waals surface area contributed by atoms with Gasteiger partial charge >= 0.3 is 0 Å². The Hall–Kier alpha value is -0.420. The maximum Gasteiger partial charge on any atom is 0.153 e. The van der Waals surface area contributed by atoms with Crippen molar-refractivity contribution in [3.05, 3.63) is 10.3 Å². The van der Waals surface area contributed by atoms with Crippen LogP contribution in [0.2, 0.25) is 0 Å². The summed E-state index contributed by atoms with van der Waals surface area (Å²) in [6.45, 7) is 7.89. The molecule has 4 nitrogen and oxygen atoms in total. The molecular weight excluding hydrogens is 292 g/mol. The first-order valence-corrected chi connectivity index (χ1v) is 7.55. The fourth-order valence-corrected chi connectivity index (χ4v) is 3.86. The van der Waals surface area contributed by atoms with Gasteiger partial charge in [-0.25, -0.2) is 4.68 Å². The van der Waals surface area contributed by atoms with Crippen molar-refractivity contribution < 1.29 is 0 Å². The lowest BCUT2D eigenvalue weighted by atomic mass is 9.76. The van der Waals surface area contributed by atoms with Gasteiger partial charge < -0.3 is 5.32 Å². The zero-order chi connectivity index (χ0) is 13.3. The average Bonchev–Trinajstić information content (AvgIpc) is 2.80. The van der Waals surface area contributed by atoms with Crippen molar-refractivity contribution in [3.8, 4) is 0 Å². The van der Waals surface area contributed by atoms with E-state index in [0.717, 1.165) is 11.1 Å². The van der Waals surface area contributed by atoms with Crippen LogP contribution >= 0.6 is 15.9 Å². The van der Waals surface area contributed by atoms with Crippen LogP contribution in [0.1, 0.15) is 51.8 Å². The van der Waals surface area contributed by atoms with Crippen LogP contribution in [0.3, 0.4) is 0 Å². The maximum atomic E-state index is 4.13. The predicted molar refractivity (Wildman–Crippen MR) is 76.2 cm³/mol. The van der Waals surface area contributed by atoms with Crippen molar-refractivity contribution in [2.24, 2.45) is 18.4 Å². The molecule has 18 heavy (non-hydrogen) atoms. The molecule has 1 aromatic rings. The molecule has 0 aliphatic heterocycles. The minimum absolute atomic E-state index is 0.335. The van der Waals surface area contributed by atoms with Gasteiger partial charge in [-0.3, -0.25) is 0 Å². The minimum atomic E-state index is 0.335. The van der Waals surface area contributed by atoms with Crippen molar-refractivity contribution >= 4 is 15.9 Å². The molecule has 0 aromatic carbocycles. The molecule has 1 N–H and O–H groups in total. The van der Waals surface area contributed by atoms with Crippen LogP contribution in [-0.4, -0.2) is 21.5 Å². The fraction of sp³-hybridized carbons (Fsp3) is 0.846. The summed E-state index contributed by atoms with van der Waals surface area (Å²) in [5.41, 5.74) is 1.56. The lowest BCUT2D eigenvalue weighted by Crippen LogP contribution is -2.35. The van der Waals surface area contributed by atoms with Crippen LogP contribution < -0.4 is 5.32 Å². The molecule has 1 aliphatic rings. The number of halogens is 1. The summed E-state index contributed by atoms with van der Waals surface area (Å²) >= 11 is 3.54. The van der Waals surface area contributed by atoms with E-state index in [9.17, 15) is 0 Å². The molecule has 0 amide bonds. The Balaban J connectivity index is 2.34. The van der Waals surface area contributed by atoms with Gasteiger partial charge in [0.25, 0.3) is 0 Å². The monoisotopic (exact) mass is 314 g/mol. The van der Waals surface area contributed by atoms with Gasteiger partial charge in [0.1, 0.15) is 0 Å². The van der Waals surface area contributed by atoms with Gasteiger partial charge in [-0.05, 0) is 46.6 Å². The summed E-state index contributed by atoms with van der Waals surface area (Å²) in [4.78, 5) is 0. The third kappa shape index (κ3) is 2.48. The van der Waals surface area contributed by atoms with E-state index in [1.807, 2.05) is 11.7 Å². The summed E-state index contributed by atoms with van der Waals surface area (Å²) in [5.74, 6) is 0.644. The number of rotatable bonds is 4. The van der Waals surface area contributed by atoms with Gasteiger partial charge in [-0.1, -0.05) is 32.4 Å². The Labute approximate surface area is 118 Å². The van der Waals surface area contributed by atoms with Gasteiger partial charge in [0.05, 0.1) is 11.7 Å². The third-order valence-electron chi connectivity index (χ3n) is 4.29. The van der Waals surface area contributed by atoms with Crippen LogP contribution in [0, 0.1) is 11.3 Å². The lowest BCUT2D eigenvalue weighted by molar-refractivity contribution is 0.193. The highest BCUT2D eigenvalue weighted by Gasteiger charge is 2.41. The fourth-order valence-electron chi connectivity index (χ4n) is 3.29. The minimum Gasteiger partial charge on any atom is -0.309 e. The molecule has 5 heteroatoms. The standard InChI is InChI=1S/C13H23BrN4/c1-5-15-10(9-7-6-8-13(9,2)3)11-12(14)16-17-18(11)4/h9-10,15H,5-8H2,1-4H3. The first-order valence-electron chi connectivity index (χ1n) is 6.76. The van der Waals surface area contributed by atoms with Crippen LogP contribution in [0.25, 0.3) is 0 Å². The molecule has 0 bridgehead atoms. The Morgan fingerprint density at radius 2 is 2.28 bits per heavy atom. The van der Waals surface area contributed by atoms with E-state index in [1.165, 1.54) is 25.0 Å². The van der Waals surface area contributed by atoms with Crippen LogP contribution in [-0.2, 0) is 7.05 Å². The predicted octanol–water partition coefficient (Wildman–Crippen LogP) is 3.05. The Morgan fingerprint density at radius 3 is 2.72 bits per heavy atom. The molecule has 1 heterocycles. The van der Waals surface area contributed by atoms with Gasteiger partial charge in [0.2, 0.25) is 0 Å². The molecule has 2 rings (SSSR count). The maximum absolute atomic E-state index is 4.13. The highest BCUT2D eigenvalue weighted by atomic mass is 79.9. The van der Waals surface area contributed by atoms with Crippen LogP contribution in [0.15, 0.2) is 4.60 Å². The summed E-state index contributed by atoms with van der Waals surface area (Å²) in [7, 11) is 1.97. The van der Waals surface area contributed by atoms with Crippen molar-refractivity contribution in [2.75, 3.05) is 6.54 Å². The molecule has 1 aromatic heterocycles. The number of nitrogens with one attached hydrogen (secondary N) is 1. The van der Waals surface area contributed by atoms with Crippen molar-refractivity contribution in [2.45, 2.75) is 46.1 Å². The molecule has 0 radical (unpaired) electrons. The number of aryl methyl sites for hydroxylation is 1. The molecule has 2 unspecified atom stereocenters. The smallest absolute Gasteiger partial charge is 0.153 e. The van der Waals surface area contributed by atoms with E-state index in [4.69, 9.17) is 0 Å². The van der Waals surface area contributed by atoms with E-state index in [2.05, 4.69) is 52.3 Å². The lowest BCUT2D eigenvalue weighted by Gasteiger charge is -2.34. The summed E-state index contributed by atoms with van der Waals surface area (Å²) in [6, 6.07) is 0.335. The normalized spacial score (nSPS) is 24.4. The SMILES string of the molecule is CCNC(c1c(Br)nnn1C)C1CCCC1(C)C. The zero-order valence-corrected chi connectivity index (χ0v) is 13.3. The number of hydrogen-bond donors (Lipinski definition) is 1. The first-order chi connectivity index (χ1) is 8.47. The number of hydrogen-bond acceptors (Lipinski definition) is 3. The van der Waals surface area contributed by atoms with E-state index < -0.39 is 0 Å². The molecule has 1 fully saturated rings. The quantitative estimate of drug-likeness (QED) is 0.928. The number of nitrogens with zero attached hydrogens (tertiary/aromatic N) is 3. The van der Waals surface area contributed by atoms with E-state index in [1.54, 1.807) is 0 Å². The summed E-state index contributed by atoms with van der Waals surface area (Å²) < 4.78 is 2.77. The molecule has 1 saturated carbocycles. The average molecular weight is 315 g/mol. The highest BCUT2D eigenvalue weighted by Crippen LogP contribution is 2.49. The van der Waals surface area contributed by atoms with E-state index in [-0.39, 0.29) is 0 Å². The Kier molecular flexibility index (Phi) is 4.11. The van der Waals surface area contributed by atoms with Crippen molar-refractivity contribution in [1.82, 2.24) is 20.3 Å². The zero-order valence-electron chi connectivity index (χ0n) is 11.7. The highest BCUT2D eigenvalue weighted by molar-refractivity contribution is 9.10. The topological polar surface area (TPSA) is 42.7 Å². The second-order valence-corrected chi connectivity index (χ2v) is 6.66. The third-order valence-corrected chi connectivity index (χ3v) is 4.85. The second kappa shape index (κ2) is 5.29. The first kappa shape index (κ1) is 14.0. The summed E-state index contributed by atoms with van der Waals surface area (Å²) in [6.07, 6.45) is 3.91. The molecule has 2 atom stereocenters. The molecule has 0 saturated heterocycles. The van der Waals surface area contributed by atoms with Crippen molar-refractivity contribution in [3.63, 3.8) is 0 Å². The largest absolute Gasteiger partial charge is 0.309 e. The molecule has 102 valence electrons. The van der Waals surface area contributed by atoms with E-state index in [0.29, 0.717) is 17.4 Å². The Bertz CT molecular complexity index is 394. The molecule has 0 spiro atoms. The summed E-state index contributed by atoms with van der Waals surface area (Å²) in [5, 5.41) is 11.9. The van der Waals surface area contributed by atoms with Crippen LogP contribution in [0.4, 0.5) is 0 Å².